The third kappa shape index (κ3) is 13.5. The first-order valence-electron chi connectivity index (χ1n) is 15.3. The summed E-state index contributed by atoms with van der Waals surface area (Å²) in [4.78, 5) is 51.2. The average Bonchev–Trinajstić information content (AvgIpc) is 2.94. The molecule has 0 saturated heterocycles. The molecule has 2 unspecified atom stereocenters. The van der Waals surface area contributed by atoms with Gasteiger partial charge in [0.05, 0.1) is 7.11 Å². The number of rotatable bonds is 16. The van der Waals surface area contributed by atoms with Gasteiger partial charge in [-0.1, -0.05) is 43.2 Å². The van der Waals surface area contributed by atoms with Crippen molar-refractivity contribution in [2.75, 3.05) is 13.7 Å². The van der Waals surface area contributed by atoms with Crippen molar-refractivity contribution in [1.82, 2.24) is 16.0 Å². The predicted molar refractivity (Wildman–Crippen MR) is 169 cm³/mol. The normalized spacial score (nSPS) is 12.5. The second-order valence-corrected chi connectivity index (χ2v) is 12.1. The SMILES string of the molecule is COC(=O)CCCCCC(NC(=O)C(Cc1c(C)cc(O)cc1C)NC(=O)OC(C)(C)C)C(=O)NCCCc1ccccc1. The van der Waals surface area contributed by atoms with Gasteiger partial charge in [0.25, 0.3) is 0 Å². The molecule has 10 heteroatoms. The van der Waals surface area contributed by atoms with E-state index in [9.17, 15) is 24.3 Å². The van der Waals surface area contributed by atoms with Gasteiger partial charge in [-0.3, -0.25) is 14.4 Å². The lowest BCUT2D eigenvalue weighted by Crippen LogP contribution is -2.55. The number of hydrogen-bond donors (Lipinski definition) is 4. The van der Waals surface area contributed by atoms with E-state index in [1.54, 1.807) is 32.9 Å². The van der Waals surface area contributed by atoms with Gasteiger partial charge in [0.1, 0.15) is 23.4 Å². The van der Waals surface area contributed by atoms with Crippen LogP contribution in [-0.2, 0) is 36.7 Å². The van der Waals surface area contributed by atoms with E-state index < -0.39 is 29.7 Å². The summed E-state index contributed by atoms with van der Waals surface area (Å²) in [6, 6.07) is 11.3. The number of hydrogen-bond acceptors (Lipinski definition) is 7. The number of amides is 3. The lowest BCUT2D eigenvalue weighted by Gasteiger charge is -2.26. The number of carbonyl (C=O) groups is 4. The number of benzene rings is 2. The van der Waals surface area contributed by atoms with E-state index in [4.69, 9.17) is 9.47 Å². The maximum absolute atomic E-state index is 13.7. The highest BCUT2D eigenvalue weighted by molar-refractivity contribution is 5.91. The molecule has 0 bridgehead atoms. The Morgan fingerprint density at radius 2 is 1.52 bits per heavy atom. The number of phenolic OH excluding ortho intramolecular Hbond substituents is 1. The van der Waals surface area contributed by atoms with Crippen LogP contribution in [0.2, 0.25) is 0 Å². The molecule has 0 spiro atoms. The Labute approximate surface area is 261 Å². The number of alkyl carbamates (subject to hydrolysis) is 1. The number of nitrogens with one attached hydrogen (secondary N) is 3. The lowest BCUT2D eigenvalue weighted by molar-refractivity contribution is -0.140. The number of aromatic hydroxyl groups is 1. The summed E-state index contributed by atoms with van der Waals surface area (Å²) in [5.41, 5.74) is 2.73. The van der Waals surface area contributed by atoms with Gasteiger partial charge in [-0.15, -0.1) is 0 Å². The minimum atomic E-state index is -1.04. The van der Waals surface area contributed by atoms with Gasteiger partial charge in [-0.2, -0.15) is 0 Å². The smallest absolute Gasteiger partial charge is 0.408 e. The van der Waals surface area contributed by atoms with Gasteiger partial charge in [0.2, 0.25) is 11.8 Å². The lowest BCUT2D eigenvalue weighted by atomic mass is 9.95. The molecule has 0 saturated carbocycles. The van der Waals surface area contributed by atoms with E-state index in [2.05, 4.69) is 16.0 Å². The van der Waals surface area contributed by atoms with Crippen molar-refractivity contribution < 1.29 is 33.8 Å². The Hall–Kier alpha value is -4.08. The maximum Gasteiger partial charge on any atom is 0.408 e. The van der Waals surface area contributed by atoms with Crippen LogP contribution in [0.1, 0.15) is 81.5 Å². The van der Waals surface area contributed by atoms with Gasteiger partial charge in [0.15, 0.2) is 0 Å². The maximum atomic E-state index is 13.7. The summed E-state index contributed by atoms with van der Waals surface area (Å²) in [7, 11) is 1.35. The third-order valence-corrected chi connectivity index (χ3v) is 7.12. The van der Waals surface area contributed by atoms with Crippen molar-refractivity contribution in [3.63, 3.8) is 0 Å². The zero-order valence-electron chi connectivity index (χ0n) is 27.0. The van der Waals surface area contributed by atoms with E-state index >= 15 is 0 Å². The highest BCUT2D eigenvalue weighted by Gasteiger charge is 2.29. The largest absolute Gasteiger partial charge is 0.508 e. The molecular weight excluding hydrogens is 562 g/mol. The molecule has 4 N–H and O–H groups in total. The summed E-state index contributed by atoms with van der Waals surface area (Å²) in [6.45, 7) is 9.28. The molecule has 10 nitrogen and oxygen atoms in total. The van der Waals surface area contributed by atoms with Crippen LogP contribution >= 0.6 is 0 Å². The van der Waals surface area contributed by atoms with Crippen LogP contribution in [0.4, 0.5) is 4.79 Å². The van der Waals surface area contributed by atoms with Crippen LogP contribution < -0.4 is 16.0 Å². The molecule has 0 heterocycles. The minimum absolute atomic E-state index is 0.112. The standard InChI is InChI=1S/C34H49N3O7/c1-23-20-26(38)21-24(2)27(23)22-29(37-33(42)44-34(3,4)5)32(41)36-28(17-11-8-12-18-30(39)43-6)31(40)35-19-13-16-25-14-9-7-10-15-25/h7,9-10,14-15,20-21,28-29,38H,8,11-13,16-19,22H2,1-6H3,(H,35,40)(H,36,41)(H,37,42). The second-order valence-electron chi connectivity index (χ2n) is 12.1. The van der Waals surface area contributed by atoms with Gasteiger partial charge in [-0.05, 0) is 94.7 Å². The molecule has 44 heavy (non-hydrogen) atoms. The Balaban J connectivity index is 2.17. The van der Waals surface area contributed by atoms with Crippen LogP contribution in [0, 0.1) is 13.8 Å². The fourth-order valence-electron chi connectivity index (χ4n) is 4.87. The first-order valence-corrected chi connectivity index (χ1v) is 15.3. The highest BCUT2D eigenvalue weighted by atomic mass is 16.6. The average molecular weight is 612 g/mol. The second kappa shape index (κ2) is 17.9. The van der Waals surface area contributed by atoms with Crippen molar-refractivity contribution in [2.24, 2.45) is 0 Å². The number of carbonyl (C=O) groups excluding carboxylic acids is 4. The molecule has 0 aliphatic rings. The van der Waals surface area contributed by atoms with Crippen LogP contribution in [0.15, 0.2) is 42.5 Å². The predicted octanol–water partition coefficient (Wildman–Crippen LogP) is 4.80. The number of methoxy groups -OCH3 is 1. The van der Waals surface area contributed by atoms with Crippen molar-refractivity contribution >= 4 is 23.9 Å². The number of unbranched alkanes of at least 4 members (excludes halogenated alkanes) is 2. The van der Waals surface area contributed by atoms with Gasteiger partial charge >= 0.3 is 12.1 Å². The van der Waals surface area contributed by atoms with Gasteiger partial charge in [-0.25, -0.2) is 4.79 Å². The Bertz CT molecular complexity index is 1220. The van der Waals surface area contributed by atoms with E-state index in [0.29, 0.717) is 32.2 Å². The van der Waals surface area contributed by atoms with Crippen molar-refractivity contribution in [2.45, 2.75) is 104 Å². The zero-order chi connectivity index (χ0) is 32.7. The fourth-order valence-corrected chi connectivity index (χ4v) is 4.87. The molecule has 0 aliphatic carbocycles. The first-order chi connectivity index (χ1) is 20.8. The molecule has 2 aromatic carbocycles. The molecule has 0 aromatic heterocycles. The molecular formula is C34H49N3O7. The van der Waals surface area contributed by atoms with Crippen molar-refractivity contribution in [3.8, 4) is 5.75 Å². The van der Waals surface area contributed by atoms with Crippen LogP contribution in [0.25, 0.3) is 0 Å². The van der Waals surface area contributed by atoms with Crippen LogP contribution in [0.3, 0.4) is 0 Å². The molecule has 3 amide bonds. The van der Waals surface area contributed by atoms with Gasteiger partial charge in [0, 0.05) is 19.4 Å². The Kier molecular flexibility index (Phi) is 14.7. The van der Waals surface area contributed by atoms with Gasteiger partial charge < -0.3 is 30.5 Å². The molecule has 0 fully saturated rings. The summed E-state index contributed by atoms with van der Waals surface area (Å²) in [5, 5.41) is 18.5. The highest BCUT2D eigenvalue weighted by Crippen LogP contribution is 2.22. The summed E-state index contributed by atoms with van der Waals surface area (Å²) in [5.74, 6) is -1.02. The summed E-state index contributed by atoms with van der Waals surface area (Å²) < 4.78 is 10.1. The molecule has 0 radical (unpaired) electrons. The van der Waals surface area contributed by atoms with Crippen molar-refractivity contribution in [1.29, 1.82) is 0 Å². The Morgan fingerprint density at radius 1 is 0.864 bits per heavy atom. The molecule has 0 aliphatic heterocycles. The van der Waals surface area contributed by atoms with Crippen molar-refractivity contribution in [3.05, 3.63) is 64.7 Å². The third-order valence-electron chi connectivity index (χ3n) is 7.12. The molecule has 2 atom stereocenters. The molecule has 2 aromatic rings. The van der Waals surface area contributed by atoms with E-state index in [-0.39, 0.29) is 30.5 Å². The number of phenols is 1. The quantitative estimate of drug-likeness (QED) is 0.158. The topological polar surface area (TPSA) is 143 Å². The number of aryl methyl sites for hydroxylation is 3. The van der Waals surface area contributed by atoms with E-state index in [1.165, 1.54) is 12.7 Å². The summed E-state index contributed by atoms with van der Waals surface area (Å²) in [6.07, 6.45) is 3.43. The van der Waals surface area contributed by atoms with Crippen LogP contribution in [0.5, 0.6) is 5.75 Å². The van der Waals surface area contributed by atoms with Crippen LogP contribution in [-0.4, -0.2) is 60.3 Å². The Morgan fingerprint density at radius 3 is 2.14 bits per heavy atom. The number of ether oxygens (including phenoxy) is 2. The van der Waals surface area contributed by atoms with E-state index in [1.807, 2.05) is 44.2 Å². The summed E-state index contributed by atoms with van der Waals surface area (Å²) >= 11 is 0. The zero-order valence-corrected chi connectivity index (χ0v) is 27.0. The first kappa shape index (κ1) is 36.1. The monoisotopic (exact) mass is 611 g/mol. The molecule has 242 valence electrons. The minimum Gasteiger partial charge on any atom is -0.508 e. The fraction of sp³-hybridized carbons (Fsp3) is 0.529. The molecule has 2 rings (SSSR count). The number of esters is 1. The van der Waals surface area contributed by atoms with E-state index in [0.717, 1.165) is 29.5 Å².